The summed E-state index contributed by atoms with van der Waals surface area (Å²) in [5, 5.41) is 9.17. The Morgan fingerprint density at radius 2 is 1.94 bits per heavy atom. The van der Waals surface area contributed by atoms with Crippen molar-refractivity contribution >= 4 is 11.9 Å². The number of aromatic carboxylic acids is 1. The lowest BCUT2D eigenvalue weighted by molar-refractivity contribution is 0.0266. The maximum absolute atomic E-state index is 12.2. The molecule has 4 nitrogen and oxygen atoms in total. The lowest BCUT2D eigenvalue weighted by Crippen LogP contribution is -2.19. The zero-order valence-corrected chi connectivity index (χ0v) is 10.4. The number of esters is 1. The van der Waals surface area contributed by atoms with Crippen molar-refractivity contribution in [3.63, 3.8) is 0 Å². The van der Waals surface area contributed by atoms with E-state index in [9.17, 15) is 14.7 Å². The van der Waals surface area contributed by atoms with E-state index in [1.807, 2.05) is 13.8 Å². The highest BCUT2D eigenvalue weighted by Gasteiger charge is 2.19. The van der Waals surface area contributed by atoms with E-state index in [0.29, 0.717) is 12.8 Å². The van der Waals surface area contributed by atoms with Crippen LogP contribution in [0.5, 0.6) is 0 Å². The van der Waals surface area contributed by atoms with Crippen LogP contribution in [0.3, 0.4) is 0 Å². The zero-order valence-electron chi connectivity index (χ0n) is 14.4. The molecule has 0 aliphatic rings. The maximum Gasteiger partial charge on any atom is 0.339 e. The van der Waals surface area contributed by atoms with Gasteiger partial charge >= 0.3 is 11.9 Å². The van der Waals surface area contributed by atoms with Crippen LogP contribution in [0.2, 0.25) is 0 Å². The van der Waals surface area contributed by atoms with Gasteiger partial charge in [-0.15, -0.1) is 0 Å². The van der Waals surface area contributed by atoms with E-state index in [4.69, 9.17) is 10.2 Å². The Bertz CT molecular complexity index is 601. The summed E-state index contributed by atoms with van der Waals surface area (Å²) in [7, 11) is 0. The van der Waals surface area contributed by atoms with Crippen molar-refractivity contribution < 1.29 is 24.9 Å². The fraction of sp³-hybridized carbons (Fsp3) is 0.429. The second-order valence-corrected chi connectivity index (χ2v) is 3.78. The average Bonchev–Trinajstić information content (AvgIpc) is 2.47. The number of carboxylic acid groups (broad SMARTS) is 1. The lowest BCUT2D eigenvalue weighted by atomic mass is 10.1. The summed E-state index contributed by atoms with van der Waals surface area (Å²) >= 11 is 0. The third-order valence-electron chi connectivity index (χ3n) is 2.45. The molecule has 0 saturated carbocycles. The predicted molar refractivity (Wildman–Crippen MR) is 67.8 cm³/mol. The molecule has 0 aromatic heterocycles. The maximum atomic E-state index is 12.2. The van der Waals surface area contributed by atoms with Gasteiger partial charge in [0.05, 0.1) is 16.6 Å². The molecular formula is C14H18O4. The van der Waals surface area contributed by atoms with Crippen LogP contribution >= 0.6 is 0 Å². The molecule has 1 N–H and O–H groups in total. The normalized spacial score (nSPS) is 15.0. The first-order valence-corrected chi connectivity index (χ1v) is 5.80. The number of benzene rings is 1. The summed E-state index contributed by atoms with van der Waals surface area (Å²) in [6, 6.07) is -2.82. The van der Waals surface area contributed by atoms with Crippen LogP contribution in [-0.2, 0) is 4.74 Å². The Labute approximate surface area is 112 Å². The largest absolute Gasteiger partial charge is 0.478 e. The molecule has 1 rings (SSSR count). The van der Waals surface area contributed by atoms with Gasteiger partial charge in [-0.2, -0.15) is 0 Å². The first kappa shape index (κ1) is 9.14. The molecule has 1 atom stereocenters. The molecule has 0 amide bonds. The van der Waals surface area contributed by atoms with E-state index in [-0.39, 0.29) is 0 Å². The highest BCUT2D eigenvalue weighted by molar-refractivity contribution is 6.02. The Kier molecular flexibility index (Phi) is 3.45. The van der Waals surface area contributed by atoms with Crippen molar-refractivity contribution in [3.8, 4) is 0 Å². The van der Waals surface area contributed by atoms with E-state index in [1.54, 1.807) is 0 Å². The van der Waals surface area contributed by atoms with Crippen molar-refractivity contribution in [1.29, 1.82) is 0 Å². The first-order valence-electron chi connectivity index (χ1n) is 7.80. The Morgan fingerprint density at radius 1 is 1.33 bits per heavy atom. The van der Waals surface area contributed by atoms with Crippen LogP contribution in [0.25, 0.3) is 0 Å². The van der Waals surface area contributed by atoms with Gasteiger partial charge < -0.3 is 9.84 Å². The quantitative estimate of drug-likeness (QED) is 0.792. The smallest absolute Gasteiger partial charge is 0.339 e. The van der Waals surface area contributed by atoms with Gasteiger partial charge in [-0.25, -0.2) is 9.59 Å². The summed E-state index contributed by atoms with van der Waals surface area (Å²) in [6.45, 7) is 3.72. The van der Waals surface area contributed by atoms with Crippen molar-refractivity contribution in [2.24, 2.45) is 0 Å². The van der Waals surface area contributed by atoms with E-state index in [0.717, 1.165) is 6.42 Å². The number of carbonyl (C=O) groups is 2. The second-order valence-electron chi connectivity index (χ2n) is 3.78. The molecule has 1 aromatic rings. The van der Waals surface area contributed by atoms with Crippen molar-refractivity contribution in [3.05, 3.63) is 35.3 Å². The molecule has 0 radical (unpaired) electrons. The minimum absolute atomic E-state index is 0.419. The van der Waals surface area contributed by atoms with Gasteiger partial charge in [-0.05, 0) is 24.9 Å². The third kappa shape index (κ3) is 3.58. The van der Waals surface area contributed by atoms with Gasteiger partial charge in [0.1, 0.15) is 6.10 Å². The Balaban J connectivity index is 3.39. The molecule has 0 fully saturated rings. The molecule has 1 aromatic carbocycles. The molecule has 4 heteroatoms. The average molecular weight is 254 g/mol. The van der Waals surface area contributed by atoms with Crippen molar-refractivity contribution in [2.75, 3.05) is 0 Å². The van der Waals surface area contributed by atoms with Gasteiger partial charge in [0.15, 0.2) is 0 Å². The first-order chi connectivity index (χ1) is 10.3. The minimum atomic E-state index is -1.59. The molecule has 0 heterocycles. The summed E-state index contributed by atoms with van der Waals surface area (Å²) in [5.74, 6) is -2.63. The molecule has 0 aliphatic carbocycles. The summed E-state index contributed by atoms with van der Waals surface area (Å²) in [4.78, 5) is 23.5. The number of hydrogen-bond donors (Lipinski definition) is 1. The van der Waals surface area contributed by atoms with Gasteiger partial charge in [-0.1, -0.05) is 32.4 Å². The molecule has 98 valence electrons. The van der Waals surface area contributed by atoms with Crippen molar-refractivity contribution in [1.82, 2.24) is 0 Å². The van der Waals surface area contributed by atoms with Gasteiger partial charge in [0.25, 0.3) is 0 Å². The molecule has 0 aliphatic heterocycles. The fourth-order valence-corrected chi connectivity index (χ4v) is 1.50. The summed E-state index contributed by atoms with van der Waals surface area (Å²) in [5.41, 5.74) is -1.39. The van der Waals surface area contributed by atoms with Gasteiger partial charge in [-0.3, -0.25) is 0 Å². The van der Waals surface area contributed by atoms with Crippen molar-refractivity contribution in [2.45, 2.75) is 39.2 Å². The van der Waals surface area contributed by atoms with Crippen LogP contribution in [0.15, 0.2) is 24.2 Å². The third-order valence-corrected chi connectivity index (χ3v) is 2.45. The van der Waals surface area contributed by atoms with Crippen LogP contribution in [0.4, 0.5) is 0 Å². The lowest BCUT2D eigenvalue weighted by Gasteiger charge is -2.15. The number of hydrogen-bond acceptors (Lipinski definition) is 3. The highest BCUT2D eigenvalue weighted by Crippen LogP contribution is 2.14. The second kappa shape index (κ2) is 6.79. The number of carbonyl (C=O) groups excluding carboxylic acids is 1. The zero-order chi connectivity index (χ0) is 17.0. The standard InChI is InChI=1S/C14H18O4/c1-3-7-10(4-2)18-14(17)12-9-6-5-8-11(12)13(15)16/h5-6,8-10H,3-4,7H2,1-2H3,(H,15,16)/i5D,6D,8D,9D. The molecule has 1 unspecified atom stereocenters. The van der Waals surface area contributed by atoms with Crippen LogP contribution < -0.4 is 0 Å². The molecule has 0 spiro atoms. The van der Waals surface area contributed by atoms with E-state index in [2.05, 4.69) is 0 Å². The minimum Gasteiger partial charge on any atom is -0.478 e. The summed E-state index contributed by atoms with van der Waals surface area (Å²) < 4.78 is 35.6. The topological polar surface area (TPSA) is 63.6 Å². The van der Waals surface area contributed by atoms with Crippen LogP contribution in [-0.4, -0.2) is 23.1 Å². The Morgan fingerprint density at radius 3 is 2.44 bits per heavy atom. The number of ether oxygens (including phenoxy) is 1. The van der Waals surface area contributed by atoms with Crippen LogP contribution in [0, 0.1) is 0 Å². The number of rotatable bonds is 6. The van der Waals surface area contributed by atoms with E-state index >= 15 is 0 Å². The molecule has 0 bridgehead atoms. The molecule has 18 heavy (non-hydrogen) atoms. The monoisotopic (exact) mass is 254 g/mol. The summed E-state index contributed by atoms with van der Waals surface area (Å²) in [6.07, 6.45) is 1.48. The van der Waals surface area contributed by atoms with E-state index < -0.39 is 53.3 Å². The highest BCUT2D eigenvalue weighted by atomic mass is 16.5. The van der Waals surface area contributed by atoms with Gasteiger partial charge in [0.2, 0.25) is 0 Å². The fourth-order valence-electron chi connectivity index (χ4n) is 1.50. The van der Waals surface area contributed by atoms with E-state index in [1.165, 1.54) is 0 Å². The Hall–Kier alpha value is -1.84. The molecule has 0 saturated heterocycles. The SMILES string of the molecule is [2H]c1c([2H])c([2H])c(C(=O)OC(CC)CCC)c(C(=O)O)c1[2H]. The predicted octanol–water partition coefficient (Wildman–Crippen LogP) is 3.12. The van der Waals surface area contributed by atoms with Gasteiger partial charge in [0, 0.05) is 0 Å². The molecular weight excluding hydrogens is 232 g/mol. The van der Waals surface area contributed by atoms with Crippen LogP contribution in [0.1, 0.15) is 59.3 Å². The number of carboxylic acids is 1.